The lowest BCUT2D eigenvalue weighted by Crippen LogP contribution is -2.02. The van der Waals surface area contributed by atoms with E-state index in [9.17, 15) is 0 Å². The maximum absolute atomic E-state index is 5.93. The maximum Gasteiger partial charge on any atom is 0.128 e. The molecule has 0 bridgehead atoms. The second-order valence-electron chi connectivity index (χ2n) is 16.5. The highest BCUT2D eigenvalue weighted by Gasteiger charge is 2.19. The van der Waals surface area contributed by atoms with Gasteiger partial charge in [-0.1, -0.05) is 78.1 Å². The van der Waals surface area contributed by atoms with Crippen LogP contribution in [0.2, 0.25) is 0 Å². The van der Waals surface area contributed by atoms with Crippen molar-refractivity contribution >= 4 is 218 Å². The van der Waals surface area contributed by atoms with Crippen molar-refractivity contribution in [2.45, 2.75) is 104 Å². The molecular formula is C46H51Br6FN14S2. The summed E-state index contributed by atoms with van der Waals surface area (Å²) in [6.45, 7) is 6.21. The topological polar surface area (TPSA) is 217 Å². The molecule has 14 nitrogen and oxygen atoms in total. The molecule has 0 unspecified atom stereocenters. The van der Waals surface area contributed by atoms with Gasteiger partial charge in [0.25, 0.3) is 0 Å². The monoisotopic (exact) mass is 1360 g/mol. The molecule has 0 aliphatic rings. The molecule has 10 rings (SSSR count). The molecule has 23 heteroatoms. The molecule has 6 aromatic carbocycles. The summed E-state index contributed by atoms with van der Waals surface area (Å²) < 4.78 is 22.6. The van der Waals surface area contributed by atoms with E-state index < -0.39 is 0 Å². The number of benzene rings is 6. The molecule has 69 heavy (non-hydrogen) atoms. The first-order valence-electron chi connectivity index (χ1n) is 22.4. The van der Waals surface area contributed by atoms with Gasteiger partial charge in [0.1, 0.15) is 44.1 Å². The van der Waals surface area contributed by atoms with E-state index in [1.54, 1.807) is 0 Å². The number of unbranched alkanes of at least 4 members (excludes halogenated alkanes) is 10. The minimum atomic E-state index is 0. The number of anilines is 4. The molecule has 8 N–H and O–H groups in total. The summed E-state index contributed by atoms with van der Waals surface area (Å²) in [7, 11) is 0. The molecule has 0 atom stereocenters. The third-order valence-corrected chi connectivity index (χ3v) is 16.6. The Balaban J connectivity index is 0.000000187. The van der Waals surface area contributed by atoms with Crippen LogP contribution in [0, 0.1) is 0 Å². The summed E-state index contributed by atoms with van der Waals surface area (Å²) >= 11 is 23.7. The van der Waals surface area contributed by atoms with Crippen molar-refractivity contribution in [3.05, 3.63) is 63.2 Å². The zero-order valence-corrected chi connectivity index (χ0v) is 48.8. The molecule has 4 aromatic heterocycles. The van der Waals surface area contributed by atoms with E-state index in [2.05, 4.69) is 139 Å². The number of hydrogen-bond acceptors (Lipinski definition) is 14. The van der Waals surface area contributed by atoms with Gasteiger partial charge in [0.15, 0.2) is 0 Å². The van der Waals surface area contributed by atoms with Crippen LogP contribution in [0.3, 0.4) is 0 Å². The molecule has 366 valence electrons. The van der Waals surface area contributed by atoms with Crippen LogP contribution in [0.5, 0.6) is 0 Å². The lowest BCUT2D eigenvalue weighted by atomic mass is 10.0. The molecule has 0 saturated carbocycles. The number of rotatable bonds is 14. The Labute approximate surface area is 457 Å². The number of halogens is 7. The highest BCUT2D eigenvalue weighted by atomic mass is 79.9. The van der Waals surface area contributed by atoms with Crippen molar-refractivity contribution < 1.29 is 6.13 Å². The van der Waals surface area contributed by atoms with E-state index in [1.165, 1.54) is 87.7 Å². The predicted octanol–water partition coefficient (Wildman–Crippen LogP) is 16.0. The maximum atomic E-state index is 5.93. The fraction of sp³-hybridized carbons (Fsp3) is 0.348. The summed E-state index contributed by atoms with van der Waals surface area (Å²) in [4.78, 5) is 3.73. The Kier molecular flexibility index (Phi) is 18.4. The predicted molar refractivity (Wildman–Crippen MR) is 311 cm³/mol. The van der Waals surface area contributed by atoms with Gasteiger partial charge in [-0.05, 0) is 145 Å². The van der Waals surface area contributed by atoms with Crippen LogP contribution in [-0.2, 0) is 13.1 Å². The molecule has 10 aromatic rings. The number of aromatic nitrogens is 10. The molecule has 0 radical (unpaired) electrons. The number of fused-ring (bicyclic) bond motifs is 11. The van der Waals surface area contributed by atoms with Crippen LogP contribution in [0.1, 0.15) is 92.3 Å². The van der Waals surface area contributed by atoms with Gasteiger partial charge < -0.3 is 22.9 Å². The Hall–Kier alpha value is -3.45. The zero-order valence-electron chi connectivity index (χ0n) is 37.6. The van der Waals surface area contributed by atoms with Crippen LogP contribution >= 0.6 is 119 Å². The SMILES string of the molecule is Brc1cc2c(cc(Br)c3nsnc32)c2nsnc12.CCCCCCCCn1nc2c(Br)cc3c(cc(Br)c4nn(CCCCCCCC)nc43)c2n1.F.Nc1c(Br)cc2c(N)c(N)c(Br)cc2c1N.[HH]. The summed E-state index contributed by atoms with van der Waals surface area (Å²) in [6.07, 6.45) is 15.1. The lowest BCUT2D eigenvalue weighted by molar-refractivity contribution is 0.488. The van der Waals surface area contributed by atoms with Crippen LogP contribution in [0.15, 0.2) is 63.2 Å². The summed E-state index contributed by atoms with van der Waals surface area (Å²) in [5, 5.41) is 25.1. The van der Waals surface area contributed by atoms with Crippen LogP contribution in [0.4, 0.5) is 27.5 Å². The molecule has 0 saturated heterocycles. The Morgan fingerprint density at radius 2 is 0.667 bits per heavy atom. The van der Waals surface area contributed by atoms with Gasteiger partial charge in [0, 0.05) is 60.6 Å². The van der Waals surface area contributed by atoms with Crippen molar-refractivity contribution in [2.24, 2.45) is 0 Å². The average Bonchev–Trinajstić information content (AvgIpc) is 4.17. The molecule has 0 aliphatic heterocycles. The first-order chi connectivity index (χ1) is 32.8. The van der Waals surface area contributed by atoms with Gasteiger partial charge in [0.2, 0.25) is 0 Å². The van der Waals surface area contributed by atoms with Crippen molar-refractivity contribution in [1.82, 2.24) is 47.5 Å². The van der Waals surface area contributed by atoms with Gasteiger partial charge in [-0.25, -0.2) is 0 Å². The van der Waals surface area contributed by atoms with Crippen molar-refractivity contribution in [3.63, 3.8) is 0 Å². The standard InChI is InChI=1S/C26H36Br2N6.C10H2Br2N4S2.C10H10Br2N4.FH.H2/c1-3-5-7-9-11-13-15-33-29-23-19-17-22(28)26-24(20(19)18-21(27)25(23)31-33)30-34(32-26)16-14-12-10-8-6-4-2;11-5-1-3-4(8-9(5)15-18-14-8)2-6(12)10-7(3)13-17-16-10;11-5-1-3-4(8(14)9(5)15)2-6(12)10(16)7(3)13;;/h17-18H,3-16H2,1-2H3;1-2H;1-2H,13-16H2;2*1H. The van der Waals surface area contributed by atoms with Crippen LogP contribution in [0.25, 0.3) is 76.5 Å². The van der Waals surface area contributed by atoms with E-state index >= 15 is 0 Å². The number of nitrogens with zero attached hydrogens (tertiary/aromatic N) is 10. The largest absolute Gasteiger partial charge is 0.397 e. The molecule has 0 amide bonds. The molecule has 0 fully saturated rings. The van der Waals surface area contributed by atoms with Gasteiger partial charge in [-0.15, -0.1) is 0 Å². The van der Waals surface area contributed by atoms with E-state index in [4.69, 9.17) is 43.3 Å². The number of aryl methyl sites for hydroxylation is 2. The van der Waals surface area contributed by atoms with E-state index in [-0.39, 0.29) is 6.13 Å². The molecule has 0 aliphatic carbocycles. The highest BCUT2D eigenvalue weighted by Crippen LogP contribution is 2.42. The van der Waals surface area contributed by atoms with Gasteiger partial charge in [0.05, 0.1) is 59.3 Å². The first kappa shape index (κ1) is 53.4. The number of hydrogen-bond donors (Lipinski definition) is 4. The summed E-state index contributed by atoms with van der Waals surface area (Å²) in [5.41, 5.74) is 32.8. The highest BCUT2D eigenvalue weighted by molar-refractivity contribution is 9.11. The summed E-state index contributed by atoms with van der Waals surface area (Å²) in [6, 6.07) is 12.0. The van der Waals surface area contributed by atoms with Crippen molar-refractivity contribution in [1.29, 1.82) is 0 Å². The minimum absolute atomic E-state index is 0. The molecular weight excluding hydrogens is 1310 g/mol. The summed E-state index contributed by atoms with van der Waals surface area (Å²) in [5.74, 6) is 0. The fourth-order valence-corrected chi connectivity index (χ4v) is 12.4. The van der Waals surface area contributed by atoms with Crippen molar-refractivity contribution in [3.8, 4) is 0 Å². The minimum Gasteiger partial charge on any atom is -0.397 e. The first-order valence-corrected chi connectivity index (χ1v) is 28.6. The Morgan fingerprint density at radius 1 is 0.377 bits per heavy atom. The quantitative estimate of drug-likeness (QED) is 0.0591. The average molecular weight is 1360 g/mol. The molecule has 0 spiro atoms. The lowest BCUT2D eigenvalue weighted by Gasteiger charge is -2.12. The van der Waals surface area contributed by atoms with E-state index in [0.717, 1.165) is 120 Å². The van der Waals surface area contributed by atoms with Crippen LogP contribution in [-0.4, -0.2) is 47.5 Å². The Bertz CT molecular complexity index is 3230. The second-order valence-corrected chi connectivity index (χ2v) is 22.7. The number of nitrogen functional groups attached to an aromatic ring is 4. The zero-order chi connectivity index (χ0) is 48.2. The van der Waals surface area contributed by atoms with Crippen LogP contribution < -0.4 is 22.9 Å². The van der Waals surface area contributed by atoms with Gasteiger partial charge in [-0.2, -0.15) is 47.5 Å². The third-order valence-electron chi connectivity index (χ3n) is 11.8. The van der Waals surface area contributed by atoms with Gasteiger partial charge >= 0.3 is 0 Å². The van der Waals surface area contributed by atoms with Crippen molar-refractivity contribution in [2.75, 3.05) is 22.9 Å². The van der Waals surface area contributed by atoms with E-state index in [0.29, 0.717) is 31.7 Å². The second kappa shape index (κ2) is 23.8. The smallest absolute Gasteiger partial charge is 0.128 e. The fourth-order valence-electron chi connectivity index (χ4n) is 8.12. The molecule has 4 heterocycles. The normalized spacial score (nSPS) is 11.5. The third kappa shape index (κ3) is 11.4. The number of nitrogens with two attached hydrogens (primary N) is 4. The van der Waals surface area contributed by atoms with E-state index in [1.807, 2.05) is 33.9 Å². The van der Waals surface area contributed by atoms with Gasteiger partial charge in [-0.3, -0.25) is 4.70 Å². The Morgan fingerprint density at radius 3 is 1.04 bits per heavy atom.